The molecule has 0 spiro atoms. The lowest BCUT2D eigenvalue weighted by Gasteiger charge is -2.12. The first kappa shape index (κ1) is 21.9. The number of nitrogens with one attached hydrogen (secondary N) is 1. The Bertz CT molecular complexity index is 1000. The number of esters is 1. The fraction of sp³-hybridized carbons (Fsp3) is 0.200. The minimum absolute atomic E-state index is 0.258. The molecule has 0 saturated heterocycles. The van der Waals surface area contributed by atoms with E-state index in [1.807, 2.05) is 61.5 Å². The molecule has 0 unspecified atom stereocenters. The summed E-state index contributed by atoms with van der Waals surface area (Å²) < 4.78 is 16.4. The summed E-state index contributed by atoms with van der Waals surface area (Å²) >= 11 is 0. The Hall–Kier alpha value is -3.80. The van der Waals surface area contributed by atoms with Gasteiger partial charge in [0, 0.05) is 6.54 Å². The largest absolute Gasteiger partial charge is 0.490 e. The first-order chi connectivity index (χ1) is 15.1. The molecule has 0 aromatic heterocycles. The molecule has 6 heteroatoms. The van der Waals surface area contributed by atoms with Gasteiger partial charge in [0.05, 0.1) is 0 Å². The molecule has 31 heavy (non-hydrogen) atoms. The lowest BCUT2D eigenvalue weighted by atomic mass is 10.1. The lowest BCUT2D eigenvalue weighted by molar-refractivity contribution is -0.124. The van der Waals surface area contributed by atoms with Crippen molar-refractivity contribution in [2.75, 3.05) is 19.8 Å². The zero-order valence-electron chi connectivity index (χ0n) is 17.4. The number of amides is 1. The van der Waals surface area contributed by atoms with Crippen molar-refractivity contribution in [3.8, 4) is 11.5 Å². The van der Waals surface area contributed by atoms with E-state index in [9.17, 15) is 9.59 Å². The molecule has 0 atom stereocenters. The normalized spacial score (nSPS) is 10.2. The summed E-state index contributed by atoms with van der Waals surface area (Å²) in [7, 11) is 0. The Balaban J connectivity index is 1.45. The van der Waals surface area contributed by atoms with Crippen LogP contribution in [0.4, 0.5) is 0 Å². The molecule has 1 amide bonds. The van der Waals surface area contributed by atoms with E-state index in [0.29, 0.717) is 18.9 Å². The summed E-state index contributed by atoms with van der Waals surface area (Å²) in [5.41, 5.74) is 2.36. The number of carbonyl (C=O) groups is 2. The van der Waals surface area contributed by atoms with Gasteiger partial charge in [-0.2, -0.15) is 0 Å². The maximum absolute atomic E-state index is 12.4. The van der Waals surface area contributed by atoms with Gasteiger partial charge in [0.2, 0.25) is 0 Å². The molecule has 0 bridgehead atoms. The zero-order chi connectivity index (χ0) is 21.9. The van der Waals surface area contributed by atoms with Crippen LogP contribution in [0.3, 0.4) is 0 Å². The molecular formula is C25H25NO5. The highest BCUT2D eigenvalue weighted by molar-refractivity contribution is 5.94. The summed E-state index contributed by atoms with van der Waals surface area (Å²) in [5, 5.41) is 2.75. The molecule has 3 aromatic rings. The molecule has 1 N–H and O–H groups in total. The van der Waals surface area contributed by atoms with Crippen LogP contribution in [0.1, 0.15) is 21.5 Å². The van der Waals surface area contributed by atoms with Crippen LogP contribution in [0.2, 0.25) is 0 Å². The second-order valence-electron chi connectivity index (χ2n) is 6.79. The van der Waals surface area contributed by atoms with E-state index >= 15 is 0 Å². The van der Waals surface area contributed by atoms with Crippen LogP contribution in [-0.2, 0) is 16.1 Å². The van der Waals surface area contributed by atoms with E-state index in [2.05, 4.69) is 5.32 Å². The third-order valence-electron chi connectivity index (χ3n) is 4.53. The number of hydrogen-bond acceptors (Lipinski definition) is 5. The molecule has 0 heterocycles. The minimum atomic E-state index is -0.620. The van der Waals surface area contributed by atoms with Crippen molar-refractivity contribution in [2.45, 2.75) is 13.5 Å². The maximum Gasteiger partial charge on any atom is 0.342 e. The fourth-order valence-corrected chi connectivity index (χ4v) is 2.85. The molecule has 3 aromatic carbocycles. The SMILES string of the molecule is Cc1ccccc1CNC(=O)COC(=O)c1ccccc1OCCOc1ccccc1. The van der Waals surface area contributed by atoms with E-state index in [1.54, 1.807) is 24.3 Å². The van der Waals surface area contributed by atoms with Crippen LogP contribution in [-0.4, -0.2) is 31.7 Å². The standard InChI is InChI=1S/C25H25NO5/c1-19-9-5-6-10-20(19)17-26-24(27)18-31-25(28)22-13-7-8-14-23(22)30-16-15-29-21-11-3-2-4-12-21/h2-14H,15-18H2,1H3,(H,26,27). The van der Waals surface area contributed by atoms with Crippen molar-refractivity contribution in [1.82, 2.24) is 5.32 Å². The average molecular weight is 419 g/mol. The summed E-state index contributed by atoms with van der Waals surface area (Å²) in [5.74, 6) is 0.136. The Labute approximate surface area is 181 Å². The van der Waals surface area contributed by atoms with Crippen LogP contribution in [0.5, 0.6) is 11.5 Å². The van der Waals surface area contributed by atoms with Crippen LogP contribution < -0.4 is 14.8 Å². The average Bonchev–Trinajstić information content (AvgIpc) is 2.80. The van der Waals surface area contributed by atoms with Gasteiger partial charge in [-0.15, -0.1) is 0 Å². The minimum Gasteiger partial charge on any atom is -0.490 e. The van der Waals surface area contributed by atoms with Crippen LogP contribution in [0, 0.1) is 6.92 Å². The highest BCUT2D eigenvalue weighted by atomic mass is 16.5. The van der Waals surface area contributed by atoms with Gasteiger partial charge in [0.25, 0.3) is 5.91 Å². The Morgan fingerprint density at radius 1 is 0.806 bits per heavy atom. The van der Waals surface area contributed by atoms with Gasteiger partial charge in [-0.3, -0.25) is 4.79 Å². The van der Waals surface area contributed by atoms with Crippen molar-refractivity contribution >= 4 is 11.9 Å². The monoisotopic (exact) mass is 419 g/mol. The molecule has 0 saturated carbocycles. The van der Waals surface area contributed by atoms with Crippen molar-refractivity contribution < 1.29 is 23.8 Å². The number of ether oxygens (including phenoxy) is 3. The molecule has 0 fully saturated rings. The van der Waals surface area contributed by atoms with Gasteiger partial charge in [0.15, 0.2) is 6.61 Å². The zero-order valence-corrected chi connectivity index (χ0v) is 17.4. The molecular weight excluding hydrogens is 394 g/mol. The van der Waals surface area contributed by atoms with E-state index in [0.717, 1.165) is 16.9 Å². The number of hydrogen-bond donors (Lipinski definition) is 1. The van der Waals surface area contributed by atoms with Crippen molar-refractivity contribution in [1.29, 1.82) is 0 Å². The highest BCUT2D eigenvalue weighted by Gasteiger charge is 2.15. The van der Waals surface area contributed by atoms with E-state index in [4.69, 9.17) is 14.2 Å². The first-order valence-corrected chi connectivity index (χ1v) is 10.0. The number of carbonyl (C=O) groups excluding carboxylic acids is 2. The third-order valence-corrected chi connectivity index (χ3v) is 4.53. The second kappa shape index (κ2) is 11.4. The predicted molar refractivity (Wildman–Crippen MR) is 117 cm³/mol. The summed E-state index contributed by atoms with van der Waals surface area (Å²) in [6.45, 7) is 2.58. The quantitative estimate of drug-likeness (QED) is 0.398. The van der Waals surface area contributed by atoms with E-state index in [-0.39, 0.29) is 24.7 Å². The summed E-state index contributed by atoms with van der Waals surface area (Å²) in [4.78, 5) is 24.5. The van der Waals surface area contributed by atoms with Crippen molar-refractivity contribution in [2.24, 2.45) is 0 Å². The molecule has 0 aliphatic heterocycles. The van der Waals surface area contributed by atoms with Gasteiger partial charge in [-0.25, -0.2) is 4.79 Å². The lowest BCUT2D eigenvalue weighted by Crippen LogP contribution is -2.28. The predicted octanol–water partition coefficient (Wildman–Crippen LogP) is 3.93. The Morgan fingerprint density at radius 2 is 1.48 bits per heavy atom. The molecule has 6 nitrogen and oxygen atoms in total. The van der Waals surface area contributed by atoms with Crippen LogP contribution in [0.15, 0.2) is 78.9 Å². The van der Waals surface area contributed by atoms with Gasteiger partial charge in [-0.05, 0) is 42.3 Å². The highest BCUT2D eigenvalue weighted by Crippen LogP contribution is 2.19. The fourth-order valence-electron chi connectivity index (χ4n) is 2.85. The Morgan fingerprint density at radius 3 is 2.29 bits per heavy atom. The topological polar surface area (TPSA) is 73.9 Å². The molecule has 0 aliphatic rings. The van der Waals surface area contributed by atoms with Crippen LogP contribution >= 0.6 is 0 Å². The summed E-state index contributed by atoms with van der Waals surface area (Å²) in [6.07, 6.45) is 0. The smallest absolute Gasteiger partial charge is 0.342 e. The van der Waals surface area contributed by atoms with Gasteiger partial charge >= 0.3 is 5.97 Å². The summed E-state index contributed by atoms with van der Waals surface area (Å²) in [6, 6.07) is 23.9. The number of para-hydroxylation sites is 2. The second-order valence-corrected chi connectivity index (χ2v) is 6.79. The van der Waals surface area contributed by atoms with Gasteiger partial charge in [-0.1, -0.05) is 54.6 Å². The number of benzene rings is 3. The third kappa shape index (κ3) is 6.89. The van der Waals surface area contributed by atoms with Crippen molar-refractivity contribution in [3.63, 3.8) is 0 Å². The maximum atomic E-state index is 12.4. The van der Waals surface area contributed by atoms with E-state index in [1.165, 1.54) is 0 Å². The van der Waals surface area contributed by atoms with E-state index < -0.39 is 5.97 Å². The van der Waals surface area contributed by atoms with Crippen molar-refractivity contribution in [3.05, 3.63) is 95.6 Å². The van der Waals surface area contributed by atoms with Gasteiger partial charge in [0.1, 0.15) is 30.3 Å². The molecule has 3 rings (SSSR count). The van der Waals surface area contributed by atoms with Gasteiger partial charge < -0.3 is 19.5 Å². The molecule has 0 radical (unpaired) electrons. The number of rotatable bonds is 10. The Kier molecular flexibility index (Phi) is 8.05. The molecule has 0 aliphatic carbocycles. The van der Waals surface area contributed by atoms with Crippen LogP contribution in [0.25, 0.3) is 0 Å². The number of aryl methyl sites for hydroxylation is 1. The first-order valence-electron chi connectivity index (χ1n) is 10.0. The molecule has 160 valence electrons.